The lowest BCUT2D eigenvalue weighted by Gasteiger charge is -2.58. The Bertz CT molecular complexity index is 1220. The summed E-state index contributed by atoms with van der Waals surface area (Å²) in [6, 6.07) is 13.9. The van der Waals surface area contributed by atoms with Crippen LogP contribution in [0.1, 0.15) is 55.2 Å². The minimum absolute atomic E-state index is 0.000779. The molecular formula is C30H33BrO6. The van der Waals surface area contributed by atoms with Crippen molar-refractivity contribution < 1.29 is 28.6 Å². The number of Topliss-reactive ketones (excluding diaryl/α,β-unsaturated/α-hetero) is 1. The van der Waals surface area contributed by atoms with Crippen molar-refractivity contribution in [3.05, 3.63) is 63.6 Å². The average Bonchev–Trinajstić information content (AvgIpc) is 3.31. The van der Waals surface area contributed by atoms with Crippen LogP contribution in [0, 0.1) is 23.2 Å². The molecule has 2 aromatic carbocycles. The first-order valence-corrected chi connectivity index (χ1v) is 13.6. The lowest BCUT2D eigenvalue weighted by molar-refractivity contribution is -0.182. The van der Waals surface area contributed by atoms with Gasteiger partial charge in [0.15, 0.2) is 5.41 Å². The summed E-state index contributed by atoms with van der Waals surface area (Å²) < 4.78 is 17.2. The van der Waals surface area contributed by atoms with Gasteiger partial charge in [-0.2, -0.15) is 0 Å². The van der Waals surface area contributed by atoms with E-state index in [2.05, 4.69) is 15.9 Å². The standard InChI is InChI=1S/C30H33BrO6/c1-17(32)24-13-14-25-23-11-5-18-15-21(35-2)10-12-22(18)26(23)30(27(33)36-3,28(34)37-4)16-29(24,25)19-6-8-20(31)9-7-19/h6-10,12,15,23-26H,5,11,13-14,16H2,1-4H3/t23-,24+,25+,26-,29-/m0/s1. The summed E-state index contributed by atoms with van der Waals surface area (Å²) in [7, 11) is 4.29. The first kappa shape index (κ1) is 26.0. The minimum Gasteiger partial charge on any atom is -0.497 e. The highest BCUT2D eigenvalue weighted by Crippen LogP contribution is 2.69. The molecule has 0 aromatic heterocycles. The molecule has 0 spiro atoms. The maximum absolute atomic E-state index is 13.9. The molecule has 0 N–H and O–H groups in total. The number of fused-ring (bicyclic) bond motifs is 5. The zero-order valence-electron chi connectivity index (χ0n) is 21.7. The summed E-state index contributed by atoms with van der Waals surface area (Å²) in [5.74, 6) is -0.938. The molecule has 0 amide bonds. The van der Waals surface area contributed by atoms with Crippen LogP contribution in [0.3, 0.4) is 0 Å². The van der Waals surface area contributed by atoms with Crippen LogP contribution in [0.15, 0.2) is 46.9 Å². The van der Waals surface area contributed by atoms with Gasteiger partial charge in [0, 0.05) is 21.7 Å². The Labute approximate surface area is 226 Å². The van der Waals surface area contributed by atoms with Crippen molar-refractivity contribution in [1.82, 2.24) is 0 Å². The number of carbonyl (C=O) groups is 3. The lowest BCUT2D eigenvalue weighted by atomic mass is 9.43. The molecule has 0 saturated heterocycles. The van der Waals surface area contributed by atoms with Crippen LogP contribution in [0.4, 0.5) is 0 Å². The van der Waals surface area contributed by atoms with E-state index in [0.717, 1.165) is 52.6 Å². The van der Waals surface area contributed by atoms with E-state index in [9.17, 15) is 14.4 Å². The van der Waals surface area contributed by atoms with Gasteiger partial charge in [0.25, 0.3) is 0 Å². The van der Waals surface area contributed by atoms with Gasteiger partial charge in [0.05, 0.1) is 21.3 Å². The smallest absolute Gasteiger partial charge is 0.323 e. The number of ether oxygens (including phenoxy) is 3. The molecule has 37 heavy (non-hydrogen) atoms. The molecule has 5 rings (SSSR count). The number of carbonyl (C=O) groups excluding carboxylic acids is 3. The van der Waals surface area contributed by atoms with Gasteiger partial charge in [-0.25, -0.2) is 0 Å². The third-order valence-corrected chi connectivity index (χ3v) is 10.0. The number of rotatable bonds is 5. The summed E-state index contributed by atoms with van der Waals surface area (Å²) >= 11 is 3.53. The van der Waals surface area contributed by atoms with Crippen molar-refractivity contribution in [2.75, 3.05) is 21.3 Å². The van der Waals surface area contributed by atoms with Crippen LogP contribution in [0.2, 0.25) is 0 Å². The molecule has 2 aromatic rings. The molecule has 7 heteroatoms. The van der Waals surface area contributed by atoms with Crippen LogP contribution in [-0.4, -0.2) is 39.1 Å². The maximum Gasteiger partial charge on any atom is 0.323 e. The fraction of sp³-hybridized carbons (Fsp3) is 0.500. The second-order valence-electron chi connectivity index (χ2n) is 10.8. The summed E-state index contributed by atoms with van der Waals surface area (Å²) in [6.45, 7) is 1.64. The third kappa shape index (κ3) is 3.68. The second-order valence-corrected chi connectivity index (χ2v) is 11.7. The highest BCUT2D eigenvalue weighted by atomic mass is 79.9. The molecule has 6 nitrogen and oxygen atoms in total. The summed E-state index contributed by atoms with van der Waals surface area (Å²) in [4.78, 5) is 41.1. The zero-order chi connectivity index (χ0) is 26.5. The lowest BCUT2D eigenvalue weighted by Crippen LogP contribution is -2.62. The van der Waals surface area contributed by atoms with Gasteiger partial charge in [-0.3, -0.25) is 14.4 Å². The number of hydrogen-bond donors (Lipinski definition) is 0. The number of hydrogen-bond acceptors (Lipinski definition) is 6. The molecule has 0 heterocycles. The van der Waals surface area contributed by atoms with Crippen molar-refractivity contribution in [2.24, 2.45) is 23.2 Å². The molecule has 0 radical (unpaired) electrons. The number of ketones is 1. The summed E-state index contributed by atoms with van der Waals surface area (Å²) in [6.07, 6.45) is 3.37. The quantitative estimate of drug-likeness (QED) is 0.355. The highest BCUT2D eigenvalue weighted by molar-refractivity contribution is 9.10. The van der Waals surface area contributed by atoms with Crippen molar-refractivity contribution in [1.29, 1.82) is 0 Å². The Morgan fingerprint density at radius 1 is 0.919 bits per heavy atom. The van der Waals surface area contributed by atoms with Gasteiger partial charge >= 0.3 is 11.9 Å². The van der Waals surface area contributed by atoms with Crippen LogP contribution in [-0.2, 0) is 35.7 Å². The zero-order valence-corrected chi connectivity index (χ0v) is 23.3. The third-order valence-electron chi connectivity index (χ3n) is 9.50. The Balaban J connectivity index is 1.81. The molecule has 0 unspecified atom stereocenters. The Morgan fingerprint density at radius 3 is 2.19 bits per heavy atom. The maximum atomic E-state index is 13.9. The van der Waals surface area contributed by atoms with Crippen LogP contribution < -0.4 is 4.74 Å². The van der Waals surface area contributed by atoms with E-state index >= 15 is 0 Å². The largest absolute Gasteiger partial charge is 0.497 e. The normalized spacial score (nSPS) is 29.3. The molecule has 3 aliphatic carbocycles. The minimum atomic E-state index is -1.58. The van der Waals surface area contributed by atoms with Crippen LogP contribution in [0.25, 0.3) is 0 Å². The van der Waals surface area contributed by atoms with Gasteiger partial charge in [-0.05, 0) is 91.8 Å². The van der Waals surface area contributed by atoms with E-state index in [1.54, 1.807) is 14.0 Å². The van der Waals surface area contributed by atoms with Gasteiger partial charge in [0.1, 0.15) is 11.5 Å². The van der Waals surface area contributed by atoms with Gasteiger partial charge < -0.3 is 14.2 Å². The Hall–Kier alpha value is -2.67. The van der Waals surface area contributed by atoms with Crippen LogP contribution >= 0.6 is 15.9 Å². The van der Waals surface area contributed by atoms with Gasteiger partial charge in [0.2, 0.25) is 0 Å². The van der Waals surface area contributed by atoms with Crippen molar-refractivity contribution in [2.45, 2.75) is 50.4 Å². The van der Waals surface area contributed by atoms with E-state index in [4.69, 9.17) is 14.2 Å². The first-order valence-electron chi connectivity index (χ1n) is 12.8. The van der Waals surface area contributed by atoms with E-state index in [1.807, 2.05) is 42.5 Å². The Morgan fingerprint density at radius 2 is 1.59 bits per heavy atom. The average molecular weight is 569 g/mol. The molecule has 3 aliphatic rings. The number of halogens is 1. The monoisotopic (exact) mass is 568 g/mol. The Kier molecular flexibility index (Phi) is 6.71. The molecule has 196 valence electrons. The molecule has 2 saturated carbocycles. The molecule has 0 aliphatic heterocycles. The van der Waals surface area contributed by atoms with Crippen LogP contribution in [0.5, 0.6) is 5.75 Å². The van der Waals surface area contributed by atoms with Gasteiger partial charge in [-0.1, -0.05) is 34.1 Å². The van der Waals surface area contributed by atoms with E-state index in [-0.39, 0.29) is 30.0 Å². The fourth-order valence-corrected chi connectivity index (χ4v) is 8.51. The molecule has 5 atom stereocenters. The van der Waals surface area contributed by atoms with Crippen molar-refractivity contribution >= 4 is 33.7 Å². The highest BCUT2D eigenvalue weighted by Gasteiger charge is 2.71. The molecule has 0 bridgehead atoms. The second kappa shape index (κ2) is 9.57. The molecule has 2 fully saturated rings. The SMILES string of the molecule is COC(=O)C1(C(=O)OC)C[C@]2(c3ccc(Br)cc3)[C@@H](C(C)=O)CC[C@@H]2[C@@H]2CCc3cc(OC)ccc3[C@@H]21. The number of methoxy groups -OCH3 is 3. The van der Waals surface area contributed by atoms with E-state index in [1.165, 1.54) is 14.2 Å². The summed E-state index contributed by atoms with van der Waals surface area (Å²) in [5.41, 5.74) is 0.785. The fourth-order valence-electron chi connectivity index (χ4n) is 8.24. The van der Waals surface area contributed by atoms with Gasteiger partial charge in [-0.15, -0.1) is 0 Å². The number of esters is 2. The molecular weight excluding hydrogens is 536 g/mol. The summed E-state index contributed by atoms with van der Waals surface area (Å²) in [5, 5.41) is 0. The van der Waals surface area contributed by atoms with E-state index < -0.39 is 28.7 Å². The van der Waals surface area contributed by atoms with E-state index in [0.29, 0.717) is 0 Å². The predicted octanol–water partition coefficient (Wildman–Crippen LogP) is 5.39. The topological polar surface area (TPSA) is 78.9 Å². The first-order chi connectivity index (χ1) is 17.7. The number of benzene rings is 2. The van der Waals surface area contributed by atoms with Crippen molar-refractivity contribution in [3.8, 4) is 5.75 Å². The number of aryl methyl sites for hydroxylation is 1. The van der Waals surface area contributed by atoms with Crippen molar-refractivity contribution in [3.63, 3.8) is 0 Å². The predicted molar refractivity (Wildman–Crippen MR) is 141 cm³/mol.